The van der Waals surface area contributed by atoms with Crippen LogP contribution in [-0.2, 0) is 27.5 Å². The van der Waals surface area contributed by atoms with Crippen molar-refractivity contribution in [3.05, 3.63) is 121 Å². The van der Waals surface area contributed by atoms with Crippen LogP contribution in [0.2, 0.25) is 0 Å². The molecule has 0 saturated carbocycles. The van der Waals surface area contributed by atoms with Gasteiger partial charge >= 0.3 is 5.69 Å². The number of rotatable bonds is 6. The number of methoxy groups -OCH3 is 2. The molecule has 1 aliphatic heterocycles. The molecule has 11 nitrogen and oxygen atoms in total. The standard InChI is InChI=1S/C25H24N2O5.C10H9NO3/c1-16-4-13-21(28)23-22(16)24(29)27(15-18-7-11-20(32-3)12-8-18)25(30)26(23)14-17-5-9-19(31-2)10-6-17;1-5-2-3-7(12)6-4-8(13)11-10(14)9(5)6/h4-12H,13-15H2,1-3H3;2H,3-4H2,1H3,(H,11,13,14). The van der Waals surface area contributed by atoms with Gasteiger partial charge in [-0.15, -0.1) is 0 Å². The van der Waals surface area contributed by atoms with Crippen molar-refractivity contribution in [2.45, 2.75) is 46.2 Å². The van der Waals surface area contributed by atoms with Crippen molar-refractivity contribution >= 4 is 29.0 Å². The average molecular weight is 624 g/mol. The molecular weight excluding hydrogens is 590 g/mol. The minimum Gasteiger partial charge on any atom is -0.497 e. The third kappa shape index (κ3) is 6.30. The molecule has 0 atom stereocenters. The number of ketones is 2. The Labute approximate surface area is 264 Å². The van der Waals surface area contributed by atoms with Crippen LogP contribution in [0.5, 0.6) is 11.5 Å². The maximum absolute atomic E-state index is 13.5. The van der Waals surface area contributed by atoms with Crippen molar-refractivity contribution in [2.24, 2.45) is 0 Å². The van der Waals surface area contributed by atoms with E-state index in [1.165, 1.54) is 9.13 Å². The maximum Gasteiger partial charge on any atom is 0.332 e. The average Bonchev–Trinajstić information content (AvgIpc) is 3.05. The highest BCUT2D eigenvalue weighted by Crippen LogP contribution is 2.27. The molecule has 0 saturated heterocycles. The number of amides is 2. The van der Waals surface area contributed by atoms with Crippen LogP contribution in [0.1, 0.15) is 60.3 Å². The maximum atomic E-state index is 13.5. The van der Waals surface area contributed by atoms with Crippen molar-refractivity contribution in [1.82, 2.24) is 14.5 Å². The molecule has 1 N–H and O–H groups in total. The normalized spacial score (nSPS) is 15.6. The summed E-state index contributed by atoms with van der Waals surface area (Å²) in [7, 11) is 3.16. The molecule has 3 aliphatic rings. The lowest BCUT2D eigenvalue weighted by Crippen LogP contribution is -2.45. The zero-order chi connectivity index (χ0) is 33.1. The molecule has 236 valence electrons. The van der Waals surface area contributed by atoms with E-state index in [2.05, 4.69) is 5.32 Å². The summed E-state index contributed by atoms with van der Waals surface area (Å²) in [5.74, 6) is 0.198. The molecule has 1 aromatic heterocycles. The van der Waals surface area contributed by atoms with E-state index in [4.69, 9.17) is 9.47 Å². The minimum absolute atomic E-state index is 0.0328. The van der Waals surface area contributed by atoms with Crippen LogP contribution in [0.3, 0.4) is 0 Å². The summed E-state index contributed by atoms with van der Waals surface area (Å²) in [6.07, 6.45) is 3.96. The summed E-state index contributed by atoms with van der Waals surface area (Å²) in [4.78, 5) is 73.5. The summed E-state index contributed by atoms with van der Waals surface area (Å²) in [6, 6.07) is 14.5. The highest BCUT2D eigenvalue weighted by Gasteiger charge is 2.32. The zero-order valence-electron chi connectivity index (χ0n) is 26.0. The first kappa shape index (κ1) is 31.8. The second-order valence-electron chi connectivity index (χ2n) is 11.1. The fourth-order valence-electron chi connectivity index (χ4n) is 5.65. The fraction of sp³-hybridized carbons (Fsp3) is 0.257. The van der Waals surface area contributed by atoms with Gasteiger partial charge in [-0.3, -0.25) is 38.4 Å². The van der Waals surface area contributed by atoms with E-state index in [1.807, 2.05) is 24.3 Å². The molecule has 2 amide bonds. The Balaban J connectivity index is 0.000000247. The van der Waals surface area contributed by atoms with Gasteiger partial charge in [-0.05, 0) is 60.4 Å². The van der Waals surface area contributed by atoms with Crippen LogP contribution in [0, 0.1) is 0 Å². The van der Waals surface area contributed by atoms with Gasteiger partial charge in [0.15, 0.2) is 11.6 Å². The van der Waals surface area contributed by atoms with Crippen LogP contribution in [0.15, 0.2) is 87.0 Å². The van der Waals surface area contributed by atoms with Crippen molar-refractivity contribution in [3.63, 3.8) is 0 Å². The molecule has 6 rings (SSSR count). The van der Waals surface area contributed by atoms with Crippen LogP contribution in [0.4, 0.5) is 0 Å². The second-order valence-corrected chi connectivity index (χ2v) is 11.1. The molecule has 2 heterocycles. The number of fused-ring (bicyclic) bond motifs is 1. The number of ether oxygens (including phenoxy) is 2. The van der Waals surface area contributed by atoms with Gasteiger partial charge in [0.05, 0.1) is 39.3 Å². The second kappa shape index (κ2) is 13.2. The Bertz CT molecular complexity index is 1970. The number of allylic oxidation sites excluding steroid dienone is 3. The first-order valence-corrected chi connectivity index (χ1v) is 14.6. The van der Waals surface area contributed by atoms with E-state index in [-0.39, 0.29) is 43.2 Å². The highest BCUT2D eigenvalue weighted by atomic mass is 16.5. The number of hydrogen-bond donors (Lipinski definition) is 1. The Morgan fingerprint density at radius 2 is 1.22 bits per heavy atom. The van der Waals surface area contributed by atoms with Crippen LogP contribution in [0.25, 0.3) is 5.57 Å². The summed E-state index contributed by atoms with van der Waals surface area (Å²) in [5.41, 5.74) is 3.37. The lowest BCUT2D eigenvalue weighted by Gasteiger charge is -2.22. The van der Waals surface area contributed by atoms with Gasteiger partial charge in [0.25, 0.3) is 11.5 Å². The first-order valence-electron chi connectivity index (χ1n) is 14.6. The molecule has 0 radical (unpaired) electrons. The molecule has 2 aliphatic carbocycles. The largest absolute Gasteiger partial charge is 0.497 e. The zero-order valence-corrected chi connectivity index (χ0v) is 26.0. The third-order valence-electron chi connectivity index (χ3n) is 8.12. The van der Waals surface area contributed by atoms with E-state index in [9.17, 15) is 28.8 Å². The van der Waals surface area contributed by atoms with Gasteiger partial charge < -0.3 is 9.47 Å². The Morgan fingerprint density at radius 3 is 1.78 bits per heavy atom. The highest BCUT2D eigenvalue weighted by molar-refractivity contribution is 6.19. The van der Waals surface area contributed by atoms with Crippen LogP contribution < -0.4 is 26.0 Å². The molecule has 0 bridgehead atoms. The van der Waals surface area contributed by atoms with Crippen LogP contribution >= 0.6 is 0 Å². The van der Waals surface area contributed by atoms with Crippen molar-refractivity contribution in [2.75, 3.05) is 14.2 Å². The number of imide groups is 1. The molecule has 3 aromatic rings. The first-order chi connectivity index (χ1) is 22.0. The van der Waals surface area contributed by atoms with Crippen molar-refractivity contribution in [3.8, 4) is 11.5 Å². The molecule has 0 unspecified atom stereocenters. The van der Waals surface area contributed by atoms with Gasteiger partial charge in [0, 0.05) is 24.0 Å². The summed E-state index contributed by atoms with van der Waals surface area (Å²) >= 11 is 0. The molecule has 0 spiro atoms. The number of nitrogens with zero attached hydrogens (tertiary/aromatic N) is 2. The fourth-order valence-corrected chi connectivity index (χ4v) is 5.65. The van der Waals surface area contributed by atoms with E-state index < -0.39 is 23.1 Å². The van der Waals surface area contributed by atoms with Gasteiger partial charge in [0.2, 0.25) is 5.91 Å². The lowest BCUT2D eigenvalue weighted by atomic mass is 9.86. The molecular formula is C35H33N3O8. The molecule has 2 aromatic carbocycles. The van der Waals surface area contributed by atoms with Gasteiger partial charge in [0.1, 0.15) is 17.2 Å². The minimum atomic E-state index is -0.511. The van der Waals surface area contributed by atoms with Gasteiger partial charge in [-0.25, -0.2) is 4.79 Å². The van der Waals surface area contributed by atoms with E-state index in [0.29, 0.717) is 40.2 Å². The summed E-state index contributed by atoms with van der Waals surface area (Å²) < 4.78 is 13.0. The lowest BCUT2D eigenvalue weighted by molar-refractivity contribution is -0.130. The number of benzene rings is 2. The predicted molar refractivity (Wildman–Crippen MR) is 170 cm³/mol. The number of Topliss-reactive ketones (excluding diaryl/α,β-unsaturated/α-hetero) is 2. The van der Waals surface area contributed by atoms with Gasteiger partial charge in [-0.2, -0.15) is 0 Å². The third-order valence-corrected chi connectivity index (χ3v) is 8.12. The van der Waals surface area contributed by atoms with Gasteiger partial charge in [-0.1, -0.05) is 36.4 Å². The SMILES string of the molecule is CC1=CCC(=O)C2=C1C(=O)NC(=O)C2.COc1ccc(Cn2c3c(c(=O)n(Cc4ccc(OC)cc4)c2=O)C(C)=CCC3=O)cc1. The smallest absolute Gasteiger partial charge is 0.332 e. The van der Waals surface area contributed by atoms with E-state index in [0.717, 1.165) is 16.7 Å². The monoisotopic (exact) mass is 623 g/mol. The van der Waals surface area contributed by atoms with Crippen molar-refractivity contribution in [1.29, 1.82) is 0 Å². The number of nitrogens with one attached hydrogen (secondary N) is 1. The number of carbonyl (C=O) groups is 4. The molecule has 46 heavy (non-hydrogen) atoms. The van der Waals surface area contributed by atoms with E-state index in [1.54, 1.807) is 64.5 Å². The quantitative estimate of drug-likeness (QED) is 0.412. The Hall–Kier alpha value is -5.58. The summed E-state index contributed by atoms with van der Waals surface area (Å²) in [5, 5.41) is 2.20. The predicted octanol–water partition coefficient (Wildman–Crippen LogP) is 3.36. The summed E-state index contributed by atoms with van der Waals surface area (Å²) in [6.45, 7) is 3.84. The number of carbonyl (C=O) groups excluding carboxylic acids is 4. The Morgan fingerprint density at radius 1 is 0.696 bits per heavy atom. The molecule has 11 heteroatoms. The Kier molecular flexibility index (Phi) is 9.13. The van der Waals surface area contributed by atoms with Crippen LogP contribution in [-0.4, -0.2) is 46.7 Å². The topological polar surface area (TPSA) is 143 Å². The van der Waals surface area contributed by atoms with Crippen molar-refractivity contribution < 1.29 is 28.7 Å². The number of hydrogen-bond acceptors (Lipinski definition) is 8. The molecule has 0 fully saturated rings. The van der Waals surface area contributed by atoms with E-state index >= 15 is 0 Å². The number of aromatic nitrogens is 2.